The summed E-state index contributed by atoms with van der Waals surface area (Å²) in [6, 6.07) is 0.397. The smallest absolute Gasteiger partial charge is 0.191 e. The van der Waals surface area contributed by atoms with Crippen LogP contribution in [0.2, 0.25) is 0 Å². The SMILES string of the molecule is CCNC(=NCC1(S(C)(=O)=O)CCOCC1)NC1CCN(CC2CCCCC2)CC1.I. The van der Waals surface area contributed by atoms with Crippen molar-refractivity contribution in [1.29, 1.82) is 0 Å². The number of ether oxygens (including phenoxy) is 1. The Morgan fingerprint density at radius 2 is 1.74 bits per heavy atom. The molecule has 9 heteroatoms. The molecule has 3 aliphatic rings. The molecule has 0 bridgehead atoms. The van der Waals surface area contributed by atoms with Gasteiger partial charge in [0.1, 0.15) is 0 Å². The van der Waals surface area contributed by atoms with Gasteiger partial charge in [0.2, 0.25) is 0 Å². The number of guanidine groups is 1. The van der Waals surface area contributed by atoms with Gasteiger partial charge in [0.15, 0.2) is 15.8 Å². The maximum absolute atomic E-state index is 12.5. The third kappa shape index (κ3) is 7.99. The summed E-state index contributed by atoms with van der Waals surface area (Å²) in [4.78, 5) is 7.37. The van der Waals surface area contributed by atoms with Gasteiger partial charge in [0.25, 0.3) is 0 Å². The van der Waals surface area contributed by atoms with Gasteiger partial charge in [-0.25, -0.2) is 8.42 Å². The molecule has 2 aliphatic heterocycles. The summed E-state index contributed by atoms with van der Waals surface area (Å²) in [5.74, 6) is 1.64. The van der Waals surface area contributed by atoms with E-state index in [1.54, 1.807) is 0 Å². The molecule has 182 valence electrons. The largest absolute Gasteiger partial charge is 0.381 e. The van der Waals surface area contributed by atoms with Crippen LogP contribution in [0.5, 0.6) is 0 Å². The molecular weight excluding hydrogens is 527 g/mol. The van der Waals surface area contributed by atoms with Gasteiger partial charge >= 0.3 is 0 Å². The Balaban J connectivity index is 0.00000341. The second kappa shape index (κ2) is 12.9. The molecule has 0 radical (unpaired) electrons. The molecule has 0 aromatic rings. The second-order valence-corrected chi connectivity index (χ2v) is 11.9. The maximum Gasteiger partial charge on any atom is 0.191 e. The summed E-state index contributed by atoms with van der Waals surface area (Å²) in [5.41, 5.74) is 0. The molecule has 2 saturated heterocycles. The molecular formula is C22H43IN4O3S. The van der Waals surface area contributed by atoms with Crippen LogP contribution < -0.4 is 10.6 Å². The zero-order valence-corrected chi connectivity index (χ0v) is 22.6. The van der Waals surface area contributed by atoms with Crippen LogP contribution in [-0.4, -0.2) is 82.3 Å². The van der Waals surface area contributed by atoms with Crippen molar-refractivity contribution in [3.8, 4) is 0 Å². The number of rotatable bonds is 7. The second-order valence-electron chi connectivity index (χ2n) is 9.49. The fourth-order valence-electron chi connectivity index (χ4n) is 5.12. The van der Waals surface area contributed by atoms with Gasteiger partial charge < -0.3 is 20.3 Å². The van der Waals surface area contributed by atoms with Gasteiger partial charge in [0, 0.05) is 51.7 Å². The molecule has 0 spiro atoms. The van der Waals surface area contributed by atoms with Crippen molar-refractivity contribution >= 4 is 39.8 Å². The molecule has 31 heavy (non-hydrogen) atoms. The van der Waals surface area contributed by atoms with E-state index in [1.807, 2.05) is 6.92 Å². The highest BCUT2D eigenvalue weighted by molar-refractivity contribution is 14.0. The number of nitrogens with one attached hydrogen (secondary N) is 2. The Kier molecular flexibility index (Phi) is 11.3. The Labute approximate surface area is 206 Å². The molecule has 3 fully saturated rings. The standard InChI is InChI=1S/C22H42N4O3S.HI/c1-3-23-21(24-18-22(30(2,27)28)11-15-29-16-12-22)25-20-9-13-26(14-10-20)17-19-7-5-4-6-8-19;/h19-20H,3-18H2,1-2H3,(H2,23,24,25);1H. The minimum Gasteiger partial charge on any atom is -0.381 e. The van der Waals surface area contributed by atoms with Crippen molar-refractivity contribution in [2.45, 2.75) is 75.5 Å². The van der Waals surface area contributed by atoms with E-state index in [0.717, 1.165) is 44.4 Å². The molecule has 1 aliphatic carbocycles. The van der Waals surface area contributed by atoms with Gasteiger partial charge in [-0.15, -0.1) is 24.0 Å². The summed E-state index contributed by atoms with van der Waals surface area (Å²) in [5, 5.41) is 6.89. The van der Waals surface area contributed by atoms with Crippen LogP contribution in [0.3, 0.4) is 0 Å². The number of likely N-dealkylation sites (tertiary alicyclic amines) is 1. The average Bonchev–Trinajstić information content (AvgIpc) is 2.74. The summed E-state index contributed by atoms with van der Waals surface area (Å²) in [6.45, 7) is 7.63. The molecule has 0 unspecified atom stereocenters. The van der Waals surface area contributed by atoms with Crippen molar-refractivity contribution < 1.29 is 13.2 Å². The van der Waals surface area contributed by atoms with E-state index in [9.17, 15) is 8.42 Å². The molecule has 3 rings (SSSR count). The van der Waals surface area contributed by atoms with E-state index in [4.69, 9.17) is 9.73 Å². The first-order chi connectivity index (χ1) is 14.4. The molecule has 2 heterocycles. The fraction of sp³-hybridized carbons (Fsp3) is 0.955. The maximum atomic E-state index is 12.5. The third-order valence-corrected chi connectivity index (χ3v) is 9.34. The number of nitrogens with zero attached hydrogens (tertiary/aromatic N) is 2. The Hall–Kier alpha value is -0.130. The molecule has 2 N–H and O–H groups in total. The summed E-state index contributed by atoms with van der Waals surface area (Å²) in [6.07, 6.45) is 11.7. The monoisotopic (exact) mass is 570 g/mol. The van der Waals surface area contributed by atoms with Crippen LogP contribution in [0.4, 0.5) is 0 Å². The molecule has 0 atom stereocenters. The van der Waals surface area contributed by atoms with Crippen LogP contribution in [0.15, 0.2) is 4.99 Å². The summed E-state index contributed by atoms with van der Waals surface area (Å²) in [7, 11) is -3.20. The first kappa shape index (κ1) is 27.1. The summed E-state index contributed by atoms with van der Waals surface area (Å²) >= 11 is 0. The predicted molar refractivity (Wildman–Crippen MR) is 138 cm³/mol. The van der Waals surface area contributed by atoms with Crippen molar-refractivity contribution in [3.05, 3.63) is 0 Å². The van der Waals surface area contributed by atoms with Crippen molar-refractivity contribution in [3.63, 3.8) is 0 Å². The lowest BCUT2D eigenvalue weighted by Gasteiger charge is -2.36. The van der Waals surface area contributed by atoms with Crippen LogP contribution in [-0.2, 0) is 14.6 Å². The zero-order valence-electron chi connectivity index (χ0n) is 19.4. The van der Waals surface area contributed by atoms with Gasteiger partial charge in [-0.1, -0.05) is 19.3 Å². The molecule has 0 amide bonds. The zero-order chi connectivity index (χ0) is 21.5. The Morgan fingerprint density at radius 3 is 2.32 bits per heavy atom. The van der Waals surface area contributed by atoms with E-state index in [-0.39, 0.29) is 24.0 Å². The molecule has 1 saturated carbocycles. The lowest BCUT2D eigenvalue weighted by atomic mass is 9.88. The Bertz CT molecular complexity index is 654. The number of hydrogen-bond donors (Lipinski definition) is 2. The first-order valence-electron chi connectivity index (χ1n) is 12.0. The normalized spacial score (nSPS) is 24.4. The highest BCUT2D eigenvalue weighted by Crippen LogP contribution is 2.30. The van der Waals surface area contributed by atoms with E-state index in [1.165, 1.54) is 44.9 Å². The molecule has 7 nitrogen and oxygen atoms in total. The lowest BCUT2D eigenvalue weighted by molar-refractivity contribution is 0.0768. The van der Waals surface area contributed by atoms with E-state index >= 15 is 0 Å². The third-order valence-electron chi connectivity index (χ3n) is 7.23. The molecule has 0 aromatic carbocycles. The van der Waals surface area contributed by atoms with Crippen LogP contribution in [0.25, 0.3) is 0 Å². The van der Waals surface area contributed by atoms with Gasteiger partial charge in [-0.05, 0) is 51.4 Å². The minimum atomic E-state index is -3.20. The van der Waals surface area contributed by atoms with Gasteiger partial charge in [0.05, 0.1) is 11.3 Å². The topological polar surface area (TPSA) is 83.0 Å². The fourth-order valence-corrected chi connectivity index (χ4v) is 6.33. The van der Waals surface area contributed by atoms with E-state index in [2.05, 4.69) is 15.5 Å². The quantitative estimate of drug-likeness (QED) is 0.279. The number of hydrogen-bond acceptors (Lipinski definition) is 5. The molecule has 0 aromatic heterocycles. The van der Waals surface area contributed by atoms with E-state index < -0.39 is 14.6 Å². The lowest BCUT2D eigenvalue weighted by Crippen LogP contribution is -2.51. The van der Waals surface area contributed by atoms with Crippen molar-refractivity contribution in [1.82, 2.24) is 15.5 Å². The number of aliphatic imine (C=N–C) groups is 1. The van der Waals surface area contributed by atoms with Crippen LogP contribution in [0, 0.1) is 5.92 Å². The van der Waals surface area contributed by atoms with Crippen LogP contribution >= 0.6 is 24.0 Å². The average molecular weight is 571 g/mol. The number of sulfone groups is 1. The number of piperidine rings is 1. The number of halogens is 1. The highest BCUT2D eigenvalue weighted by atomic mass is 127. The summed E-state index contributed by atoms with van der Waals surface area (Å²) < 4.78 is 29.6. The van der Waals surface area contributed by atoms with E-state index in [0.29, 0.717) is 38.6 Å². The van der Waals surface area contributed by atoms with Gasteiger partial charge in [-0.2, -0.15) is 0 Å². The van der Waals surface area contributed by atoms with Crippen molar-refractivity contribution in [2.24, 2.45) is 10.9 Å². The first-order valence-corrected chi connectivity index (χ1v) is 13.9. The predicted octanol–water partition coefficient (Wildman–Crippen LogP) is 2.80. The van der Waals surface area contributed by atoms with Gasteiger partial charge in [-0.3, -0.25) is 4.99 Å². The Morgan fingerprint density at radius 1 is 1.10 bits per heavy atom. The highest BCUT2D eigenvalue weighted by Gasteiger charge is 2.42. The van der Waals surface area contributed by atoms with Crippen molar-refractivity contribution in [2.75, 3.05) is 52.2 Å². The van der Waals surface area contributed by atoms with Crippen LogP contribution in [0.1, 0.15) is 64.7 Å². The minimum absolute atomic E-state index is 0.